The number of hydrogen-bond donors (Lipinski definition) is 0. The zero-order valence-corrected chi connectivity index (χ0v) is 11.1. The van der Waals surface area contributed by atoms with Gasteiger partial charge < -0.3 is 4.55 Å². The highest BCUT2D eigenvalue weighted by Crippen LogP contribution is 2.10. The van der Waals surface area contributed by atoms with Crippen LogP contribution in [-0.2, 0) is 25.4 Å². The zero-order chi connectivity index (χ0) is 13.7. The van der Waals surface area contributed by atoms with Crippen LogP contribution in [0.3, 0.4) is 0 Å². The van der Waals surface area contributed by atoms with Crippen LogP contribution in [0.2, 0.25) is 0 Å². The van der Waals surface area contributed by atoms with Gasteiger partial charge in [-0.15, -0.1) is 0 Å². The predicted octanol–water partition coefficient (Wildman–Crippen LogP) is -0.343. The lowest BCUT2D eigenvalue weighted by Crippen LogP contribution is -2.37. The summed E-state index contributed by atoms with van der Waals surface area (Å²) in [5.74, 6) is -0.768. The molecule has 0 aliphatic carbocycles. The van der Waals surface area contributed by atoms with E-state index in [1.807, 2.05) is 0 Å². The fourth-order valence-corrected chi connectivity index (χ4v) is 2.35. The molecule has 0 fully saturated rings. The molecular weight excluding hydrogens is 274 g/mol. The van der Waals surface area contributed by atoms with Gasteiger partial charge in [0.05, 0.1) is 5.75 Å². The molecule has 102 valence electrons. The fourth-order valence-electron chi connectivity index (χ4n) is 0.699. The molecule has 0 N–H and O–H groups in total. The summed E-state index contributed by atoms with van der Waals surface area (Å²) < 4.78 is 47.3. The van der Waals surface area contributed by atoms with E-state index in [0.717, 1.165) is 0 Å². The molecule has 0 heterocycles. The fraction of sp³-hybridized carbons (Fsp3) is 1.00. The molecule has 0 aliphatic rings. The Balaban J connectivity index is 4.19. The molecule has 10 heteroatoms. The van der Waals surface area contributed by atoms with Crippen LogP contribution < -0.4 is 0 Å². The molecule has 1 atom stereocenters. The third-order valence-corrected chi connectivity index (χ3v) is 3.68. The summed E-state index contributed by atoms with van der Waals surface area (Å²) in [5, 5.41) is 10.5. The molecule has 0 saturated heterocycles. The Hall–Kier alpha value is -0.580. The summed E-state index contributed by atoms with van der Waals surface area (Å²) in [6.07, 6.45) is -0.0999. The van der Waals surface area contributed by atoms with E-state index in [0.29, 0.717) is 0 Å². The quantitative estimate of drug-likeness (QED) is 0.258. The number of nitrogens with zero attached hydrogens (tertiary/aromatic N) is 1. The van der Waals surface area contributed by atoms with Crippen LogP contribution >= 0.6 is 0 Å². The topological polar surface area (TPSA) is 127 Å². The number of hydrogen-bond acceptors (Lipinski definition) is 7. The number of nitro groups is 1. The van der Waals surface area contributed by atoms with Crippen molar-refractivity contribution in [1.82, 2.24) is 0 Å². The van der Waals surface area contributed by atoms with Gasteiger partial charge in [0.1, 0.15) is 6.61 Å². The Kier molecular flexibility index (Phi) is 6.16. The van der Waals surface area contributed by atoms with E-state index >= 15 is 0 Å². The van der Waals surface area contributed by atoms with Crippen molar-refractivity contribution in [3.8, 4) is 0 Å². The van der Waals surface area contributed by atoms with Crippen molar-refractivity contribution in [2.24, 2.45) is 0 Å². The first-order chi connectivity index (χ1) is 7.57. The molecule has 8 nitrogen and oxygen atoms in total. The van der Waals surface area contributed by atoms with Gasteiger partial charge in [-0.3, -0.25) is 18.5 Å². The van der Waals surface area contributed by atoms with Gasteiger partial charge in [0.25, 0.3) is 10.1 Å². The van der Waals surface area contributed by atoms with E-state index in [9.17, 15) is 27.3 Å². The molecule has 17 heavy (non-hydrogen) atoms. The summed E-state index contributed by atoms with van der Waals surface area (Å²) in [5.41, 5.74) is -1.51. The highest BCUT2D eigenvalue weighted by atomic mass is 32.2. The van der Waals surface area contributed by atoms with E-state index < -0.39 is 44.0 Å². The maximum absolute atomic E-state index is 11.2. The third kappa shape index (κ3) is 7.36. The minimum absolute atomic E-state index is 0.0999. The molecule has 0 radical (unpaired) electrons. The highest BCUT2D eigenvalue weighted by Gasteiger charge is 2.33. The molecule has 1 unspecified atom stereocenters. The molecular formula is C7H14NO7S2-. The Bertz CT molecular complexity index is 389. The molecule has 0 aromatic rings. The van der Waals surface area contributed by atoms with Gasteiger partial charge in [-0.25, -0.2) is 0 Å². The zero-order valence-electron chi connectivity index (χ0n) is 9.45. The third-order valence-electron chi connectivity index (χ3n) is 1.79. The Morgan fingerprint density at radius 2 is 1.94 bits per heavy atom. The molecule has 0 amide bonds. The minimum Gasteiger partial charge on any atom is -0.772 e. The molecule has 0 aliphatic heterocycles. The van der Waals surface area contributed by atoms with Crippen molar-refractivity contribution >= 4 is 21.2 Å². The lowest BCUT2D eigenvalue weighted by Gasteiger charge is -2.15. The molecule has 0 bridgehead atoms. The highest BCUT2D eigenvalue weighted by molar-refractivity contribution is 7.86. The van der Waals surface area contributed by atoms with Gasteiger partial charge in [-0.1, -0.05) is 11.1 Å². The van der Waals surface area contributed by atoms with Gasteiger partial charge in [0.2, 0.25) is 5.54 Å². The van der Waals surface area contributed by atoms with E-state index in [1.165, 1.54) is 13.8 Å². The normalized spacial score (nSPS) is 14.5. The summed E-state index contributed by atoms with van der Waals surface area (Å²) in [7, 11) is -3.92. The van der Waals surface area contributed by atoms with Gasteiger partial charge in [0, 0.05) is 24.5 Å². The molecule has 0 aromatic heterocycles. The summed E-state index contributed by atoms with van der Waals surface area (Å²) in [4.78, 5) is 9.85. The SMILES string of the molecule is CC(C)(COS(=O)(=O)CCCS(=O)[O-])[N+](=O)[O-]. The van der Waals surface area contributed by atoms with Crippen molar-refractivity contribution in [2.45, 2.75) is 25.8 Å². The first-order valence-corrected chi connectivity index (χ1v) is 7.46. The van der Waals surface area contributed by atoms with Gasteiger partial charge in [0.15, 0.2) is 0 Å². The smallest absolute Gasteiger partial charge is 0.267 e. The van der Waals surface area contributed by atoms with E-state index in [2.05, 4.69) is 4.18 Å². The van der Waals surface area contributed by atoms with Crippen LogP contribution in [-0.4, -0.2) is 45.8 Å². The first kappa shape index (κ1) is 16.4. The van der Waals surface area contributed by atoms with Crippen LogP contribution in [0, 0.1) is 10.1 Å². The van der Waals surface area contributed by atoms with Crippen LogP contribution in [0.4, 0.5) is 0 Å². The Morgan fingerprint density at radius 1 is 1.41 bits per heavy atom. The standard InChI is InChI=1S/C7H15NO7S2/c1-7(2,8(9)10)6-15-17(13,14)5-3-4-16(11)12/h3-6H2,1-2H3,(H,11,12)/p-1. The summed E-state index contributed by atoms with van der Waals surface area (Å²) in [6, 6.07) is 0. The van der Waals surface area contributed by atoms with Crippen molar-refractivity contribution < 1.29 is 26.3 Å². The average Bonchev–Trinajstić information content (AvgIpc) is 2.14. The summed E-state index contributed by atoms with van der Waals surface area (Å²) in [6.45, 7) is 1.88. The second-order valence-corrected chi connectivity index (χ2v) is 6.73. The first-order valence-electron chi connectivity index (χ1n) is 4.64. The lowest BCUT2D eigenvalue weighted by molar-refractivity contribution is -0.562. The monoisotopic (exact) mass is 288 g/mol. The summed E-state index contributed by atoms with van der Waals surface area (Å²) >= 11 is -2.31. The maximum Gasteiger partial charge on any atom is 0.267 e. The van der Waals surface area contributed by atoms with Crippen LogP contribution in [0.5, 0.6) is 0 Å². The minimum atomic E-state index is -3.92. The Labute approximate surface area is 102 Å². The van der Waals surface area contributed by atoms with Crippen molar-refractivity contribution in [1.29, 1.82) is 0 Å². The predicted molar refractivity (Wildman–Crippen MR) is 59.2 cm³/mol. The van der Waals surface area contributed by atoms with Crippen LogP contribution in [0.1, 0.15) is 20.3 Å². The van der Waals surface area contributed by atoms with Crippen molar-refractivity contribution in [3.63, 3.8) is 0 Å². The molecule has 0 aromatic carbocycles. The van der Waals surface area contributed by atoms with Crippen molar-refractivity contribution in [2.75, 3.05) is 18.1 Å². The second-order valence-electron chi connectivity index (χ2n) is 3.95. The lowest BCUT2D eigenvalue weighted by atomic mass is 10.1. The largest absolute Gasteiger partial charge is 0.772 e. The van der Waals surface area contributed by atoms with Gasteiger partial charge in [-0.2, -0.15) is 8.42 Å². The number of rotatable bonds is 8. The van der Waals surface area contributed by atoms with Crippen LogP contribution in [0.15, 0.2) is 0 Å². The van der Waals surface area contributed by atoms with E-state index in [-0.39, 0.29) is 12.2 Å². The second kappa shape index (κ2) is 6.38. The Morgan fingerprint density at radius 3 is 2.35 bits per heavy atom. The molecule has 0 spiro atoms. The van der Waals surface area contributed by atoms with E-state index in [1.54, 1.807) is 0 Å². The van der Waals surface area contributed by atoms with Gasteiger partial charge >= 0.3 is 0 Å². The molecule has 0 rings (SSSR count). The van der Waals surface area contributed by atoms with Crippen LogP contribution in [0.25, 0.3) is 0 Å². The maximum atomic E-state index is 11.2. The molecule has 0 saturated carbocycles. The van der Waals surface area contributed by atoms with Gasteiger partial charge in [-0.05, 0) is 6.42 Å². The van der Waals surface area contributed by atoms with Crippen molar-refractivity contribution in [3.05, 3.63) is 10.1 Å². The average molecular weight is 288 g/mol. The van der Waals surface area contributed by atoms with E-state index in [4.69, 9.17) is 0 Å².